The maximum atomic E-state index is 14.0. The maximum absolute atomic E-state index is 14.0. The van der Waals surface area contributed by atoms with Crippen LogP contribution in [0.5, 0.6) is 0 Å². The highest BCUT2D eigenvalue weighted by molar-refractivity contribution is 7.99. The molecule has 1 N–H and O–H groups in total. The number of rotatable bonds is 6. The Morgan fingerprint density at radius 1 is 1.11 bits per heavy atom. The molecule has 35 heavy (non-hydrogen) atoms. The normalized spacial score (nSPS) is 17.9. The van der Waals surface area contributed by atoms with Gasteiger partial charge in [-0.15, -0.1) is 0 Å². The van der Waals surface area contributed by atoms with Crippen LogP contribution < -0.4 is 5.32 Å². The van der Waals surface area contributed by atoms with Crippen molar-refractivity contribution < 1.29 is 8.42 Å². The molecule has 0 bridgehead atoms. The summed E-state index contributed by atoms with van der Waals surface area (Å²) in [5.41, 5.74) is 4.05. The van der Waals surface area contributed by atoms with E-state index in [9.17, 15) is 8.42 Å². The summed E-state index contributed by atoms with van der Waals surface area (Å²) in [7, 11) is -3.77. The molecule has 0 radical (unpaired) electrons. The molecule has 0 fully saturated rings. The number of benzene rings is 2. The SMILES string of the molecule is CC1CN(S(=O)(=O)c2cc3ccccc3nc2NCCc2cn3c(n2)SCC3)Cc2ccccc21. The lowest BCUT2D eigenvalue weighted by Crippen LogP contribution is -2.38. The van der Waals surface area contributed by atoms with Gasteiger partial charge >= 0.3 is 0 Å². The van der Waals surface area contributed by atoms with Gasteiger partial charge in [-0.25, -0.2) is 18.4 Å². The molecule has 6 rings (SSSR count). The molecule has 4 aromatic rings. The first-order chi connectivity index (χ1) is 17.0. The quantitative estimate of drug-likeness (QED) is 0.416. The van der Waals surface area contributed by atoms with Gasteiger partial charge in [-0.2, -0.15) is 4.31 Å². The van der Waals surface area contributed by atoms with Gasteiger partial charge < -0.3 is 9.88 Å². The minimum atomic E-state index is -3.77. The molecule has 0 amide bonds. The lowest BCUT2D eigenvalue weighted by Gasteiger charge is -2.32. The molecule has 1 unspecified atom stereocenters. The van der Waals surface area contributed by atoms with Crippen LogP contribution in [0.4, 0.5) is 5.82 Å². The Morgan fingerprint density at radius 3 is 2.83 bits per heavy atom. The van der Waals surface area contributed by atoms with Crippen molar-refractivity contribution >= 4 is 38.5 Å². The van der Waals surface area contributed by atoms with E-state index < -0.39 is 10.0 Å². The van der Waals surface area contributed by atoms with Crippen LogP contribution in [-0.2, 0) is 29.5 Å². The molecule has 1 atom stereocenters. The summed E-state index contributed by atoms with van der Waals surface area (Å²) in [6.45, 7) is 4.44. The first kappa shape index (κ1) is 22.6. The summed E-state index contributed by atoms with van der Waals surface area (Å²) in [6.07, 6.45) is 2.79. The maximum Gasteiger partial charge on any atom is 0.247 e. The first-order valence-electron chi connectivity index (χ1n) is 11.9. The van der Waals surface area contributed by atoms with Crippen LogP contribution in [0.2, 0.25) is 0 Å². The molecule has 2 aliphatic rings. The largest absolute Gasteiger partial charge is 0.369 e. The number of aryl methyl sites for hydroxylation is 1. The average molecular weight is 506 g/mol. The second kappa shape index (κ2) is 8.96. The summed E-state index contributed by atoms with van der Waals surface area (Å²) in [4.78, 5) is 9.65. The molecular formula is C26H27N5O2S2. The summed E-state index contributed by atoms with van der Waals surface area (Å²) in [5, 5.41) is 5.19. The second-order valence-electron chi connectivity index (χ2n) is 9.16. The van der Waals surface area contributed by atoms with Crippen molar-refractivity contribution in [1.82, 2.24) is 18.8 Å². The molecule has 0 saturated carbocycles. The van der Waals surface area contributed by atoms with Crippen molar-refractivity contribution in [2.75, 3.05) is 24.2 Å². The Hall–Kier alpha value is -2.88. The number of nitrogens with zero attached hydrogens (tertiary/aromatic N) is 4. The third-order valence-corrected chi connectivity index (χ3v) is 9.54. The fourth-order valence-electron chi connectivity index (χ4n) is 4.95. The minimum Gasteiger partial charge on any atom is -0.369 e. The number of pyridine rings is 1. The lowest BCUT2D eigenvalue weighted by molar-refractivity contribution is 0.363. The monoisotopic (exact) mass is 505 g/mol. The second-order valence-corrected chi connectivity index (χ2v) is 12.1. The molecule has 0 saturated heterocycles. The van der Waals surface area contributed by atoms with Gasteiger partial charge in [-0.3, -0.25) is 0 Å². The fourth-order valence-corrected chi connectivity index (χ4v) is 7.56. The van der Waals surface area contributed by atoms with Gasteiger partial charge in [0.05, 0.1) is 11.2 Å². The van der Waals surface area contributed by atoms with Crippen LogP contribution in [-0.4, -0.2) is 46.1 Å². The number of anilines is 1. The molecule has 2 aromatic carbocycles. The standard InChI is InChI=1S/C26H27N5O2S2/c1-18-15-31(16-20-7-2-4-8-22(18)20)35(32,33)24-14-19-6-3-5-9-23(19)29-25(24)27-11-10-21-17-30-12-13-34-26(30)28-21/h2-9,14,17-18H,10-13,15-16H2,1H3,(H,27,29). The molecule has 2 aliphatic heterocycles. The third kappa shape index (κ3) is 4.22. The Balaban J connectivity index is 1.31. The Bertz CT molecular complexity index is 1490. The van der Waals surface area contributed by atoms with E-state index in [1.807, 2.05) is 42.5 Å². The molecule has 4 heterocycles. The van der Waals surface area contributed by atoms with Crippen LogP contribution >= 0.6 is 11.8 Å². The predicted octanol–water partition coefficient (Wildman–Crippen LogP) is 4.50. The van der Waals surface area contributed by atoms with E-state index in [2.05, 4.69) is 34.1 Å². The van der Waals surface area contributed by atoms with E-state index in [1.54, 1.807) is 22.1 Å². The summed E-state index contributed by atoms with van der Waals surface area (Å²) in [5.74, 6) is 1.60. The van der Waals surface area contributed by atoms with E-state index in [-0.39, 0.29) is 10.8 Å². The van der Waals surface area contributed by atoms with E-state index in [1.165, 1.54) is 5.56 Å². The van der Waals surface area contributed by atoms with Crippen molar-refractivity contribution in [3.63, 3.8) is 0 Å². The van der Waals surface area contributed by atoms with E-state index >= 15 is 0 Å². The highest BCUT2D eigenvalue weighted by Crippen LogP contribution is 2.34. The minimum absolute atomic E-state index is 0.125. The summed E-state index contributed by atoms with van der Waals surface area (Å²) < 4.78 is 31.7. The van der Waals surface area contributed by atoms with E-state index in [0.717, 1.165) is 39.6 Å². The number of hydrogen-bond donors (Lipinski definition) is 1. The molecule has 2 aromatic heterocycles. The summed E-state index contributed by atoms with van der Waals surface area (Å²) >= 11 is 1.77. The number of thioether (sulfide) groups is 1. The Kier molecular flexibility index (Phi) is 5.78. The van der Waals surface area contributed by atoms with Gasteiger partial charge in [0, 0.05) is 49.9 Å². The van der Waals surface area contributed by atoms with E-state index in [4.69, 9.17) is 4.98 Å². The number of hydrogen-bond acceptors (Lipinski definition) is 6. The highest BCUT2D eigenvalue weighted by Gasteiger charge is 2.33. The smallest absolute Gasteiger partial charge is 0.247 e. The first-order valence-corrected chi connectivity index (χ1v) is 14.3. The van der Waals surface area contributed by atoms with Crippen LogP contribution in [0.25, 0.3) is 10.9 Å². The zero-order valence-electron chi connectivity index (χ0n) is 19.5. The van der Waals surface area contributed by atoms with Crippen molar-refractivity contribution in [2.45, 2.75) is 42.4 Å². The van der Waals surface area contributed by atoms with Gasteiger partial charge in [0.2, 0.25) is 10.0 Å². The number of fused-ring (bicyclic) bond motifs is 3. The van der Waals surface area contributed by atoms with E-state index in [0.29, 0.717) is 31.9 Å². The van der Waals surface area contributed by atoms with Crippen LogP contribution in [0.15, 0.2) is 70.8 Å². The predicted molar refractivity (Wildman–Crippen MR) is 139 cm³/mol. The summed E-state index contributed by atoms with van der Waals surface area (Å²) in [6, 6.07) is 17.5. The van der Waals surface area contributed by atoms with Crippen molar-refractivity contribution in [2.24, 2.45) is 0 Å². The number of aromatic nitrogens is 3. The number of para-hydroxylation sites is 1. The third-order valence-electron chi connectivity index (χ3n) is 6.74. The van der Waals surface area contributed by atoms with Crippen LogP contribution in [0.3, 0.4) is 0 Å². The topological polar surface area (TPSA) is 80.1 Å². The highest BCUT2D eigenvalue weighted by atomic mass is 32.2. The lowest BCUT2D eigenvalue weighted by atomic mass is 9.92. The Morgan fingerprint density at radius 2 is 1.94 bits per heavy atom. The number of imidazole rings is 1. The van der Waals surface area contributed by atoms with Crippen LogP contribution in [0, 0.1) is 0 Å². The molecule has 9 heteroatoms. The average Bonchev–Trinajstić information content (AvgIpc) is 3.46. The van der Waals surface area contributed by atoms with Gasteiger partial charge in [-0.05, 0) is 29.2 Å². The molecular weight excluding hydrogens is 478 g/mol. The molecule has 7 nitrogen and oxygen atoms in total. The Labute approximate surface area is 209 Å². The van der Waals surface area contributed by atoms with Crippen molar-refractivity contribution in [1.29, 1.82) is 0 Å². The zero-order valence-corrected chi connectivity index (χ0v) is 21.1. The van der Waals surface area contributed by atoms with Gasteiger partial charge in [0.15, 0.2) is 5.16 Å². The van der Waals surface area contributed by atoms with Gasteiger partial charge in [0.25, 0.3) is 0 Å². The molecule has 0 aliphatic carbocycles. The number of sulfonamides is 1. The fraction of sp³-hybridized carbons (Fsp3) is 0.308. The molecule has 0 spiro atoms. The van der Waals surface area contributed by atoms with Crippen molar-refractivity contribution in [3.8, 4) is 0 Å². The molecule has 180 valence electrons. The van der Waals surface area contributed by atoms with Gasteiger partial charge in [0.1, 0.15) is 10.7 Å². The van der Waals surface area contributed by atoms with Gasteiger partial charge in [-0.1, -0.05) is 61.2 Å². The zero-order chi connectivity index (χ0) is 24.0. The van der Waals surface area contributed by atoms with Crippen molar-refractivity contribution in [3.05, 3.63) is 77.6 Å². The number of nitrogens with one attached hydrogen (secondary N) is 1. The van der Waals surface area contributed by atoms with Crippen LogP contribution in [0.1, 0.15) is 29.7 Å².